The van der Waals surface area contributed by atoms with E-state index in [9.17, 15) is 4.79 Å². The van der Waals surface area contributed by atoms with Crippen LogP contribution in [0.2, 0.25) is 0 Å². The van der Waals surface area contributed by atoms with Gasteiger partial charge in [-0.05, 0) is 30.3 Å². The van der Waals surface area contributed by atoms with E-state index >= 15 is 0 Å². The minimum absolute atomic E-state index is 0.265. The number of nitrogens with zero attached hydrogens (tertiary/aromatic N) is 3. The molecule has 0 radical (unpaired) electrons. The van der Waals surface area contributed by atoms with E-state index in [0.29, 0.717) is 11.4 Å². The third-order valence-electron chi connectivity index (χ3n) is 2.71. The molecule has 0 aliphatic carbocycles. The standard InChI is InChI=1S/C14H10N4O/c19-14(13-6-8-15-9-17-13)18-12-5-1-4-11-10(12)3-2-7-16-11/h1-9H,(H,18,19). The lowest BCUT2D eigenvalue weighted by molar-refractivity contribution is 0.102. The van der Waals surface area contributed by atoms with Gasteiger partial charge in [0.1, 0.15) is 12.0 Å². The van der Waals surface area contributed by atoms with Crippen molar-refractivity contribution in [2.75, 3.05) is 5.32 Å². The van der Waals surface area contributed by atoms with E-state index in [-0.39, 0.29) is 5.91 Å². The third-order valence-corrected chi connectivity index (χ3v) is 2.71. The van der Waals surface area contributed by atoms with Crippen molar-refractivity contribution in [1.82, 2.24) is 15.0 Å². The SMILES string of the molecule is O=C(Nc1cccc2ncccc12)c1ccncn1. The number of benzene rings is 1. The van der Waals surface area contributed by atoms with Crippen molar-refractivity contribution in [3.05, 3.63) is 60.8 Å². The Labute approximate surface area is 109 Å². The molecule has 5 heteroatoms. The lowest BCUT2D eigenvalue weighted by Crippen LogP contribution is -2.13. The van der Waals surface area contributed by atoms with Crippen LogP contribution in [0.3, 0.4) is 0 Å². The molecule has 3 rings (SSSR count). The van der Waals surface area contributed by atoms with Crippen molar-refractivity contribution >= 4 is 22.5 Å². The summed E-state index contributed by atoms with van der Waals surface area (Å²) < 4.78 is 0. The smallest absolute Gasteiger partial charge is 0.274 e. The Balaban J connectivity index is 1.96. The van der Waals surface area contributed by atoms with Gasteiger partial charge in [-0.3, -0.25) is 9.78 Å². The Bertz CT molecular complexity index is 722. The number of pyridine rings is 1. The summed E-state index contributed by atoms with van der Waals surface area (Å²) in [6, 6.07) is 10.9. The second-order valence-corrected chi connectivity index (χ2v) is 3.92. The molecule has 0 spiro atoms. The van der Waals surface area contributed by atoms with Crippen LogP contribution in [0.4, 0.5) is 5.69 Å². The van der Waals surface area contributed by atoms with Crippen LogP contribution in [0.5, 0.6) is 0 Å². The minimum Gasteiger partial charge on any atom is -0.320 e. The molecule has 1 amide bonds. The molecule has 2 heterocycles. The van der Waals surface area contributed by atoms with E-state index in [2.05, 4.69) is 20.3 Å². The number of hydrogen-bond donors (Lipinski definition) is 1. The average Bonchev–Trinajstić information content (AvgIpc) is 2.48. The Kier molecular flexibility index (Phi) is 2.86. The van der Waals surface area contributed by atoms with Crippen LogP contribution >= 0.6 is 0 Å². The van der Waals surface area contributed by atoms with Crippen LogP contribution in [-0.4, -0.2) is 20.9 Å². The molecule has 0 fully saturated rings. The van der Waals surface area contributed by atoms with Crippen LogP contribution in [0.15, 0.2) is 55.1 Å². The van der Waals surface area contributed by atoms with Crippen molar-refractivity contribution in [3.8, 4) is 0 Å². The van der Waals surface area contributed by atoms with Crippen LogP contribution in [0.25, 0.3) is 10.9 Å². The number of anilines is 1. The van der Waals surface area contributed by atoms with Crippen molar-refractivity contribution in [3.63, 3.8) is 0 Å². The van der Waals surface area contributed by atoms with Gasteiger partial charge >= 0.3 is 0 Å². The maximum Gasteiger partial charge on any atom is 0.274 e. The fraction of sp³-hybridized carbons (Fsp3) is 0. The summed E-state index contributed by atoms with van der Waals surface area (Å²) in [5.41, 5.74) is 1.88. The molecule has 3 aromatic rings. The van der Waals surface area contributed by atoms with E-state index in [1.54, 1.807) is 12.3 Å². The molecule has 0 atom stereocenters. The van der Waals surface area contributed by atoms with Crippen molar-refractivity contribution in [2.24, 2.45) is 0 Å². The quantitative estimate of drug-likeness (QED) is 0.757. The van der Waals surface area contributed by atoms with Gasteiger partial charge in [0.05, 0.1) is 11.2 Å². The highest BCUT2D eigenvalue weighted by molar-refractivity contribution is 6.07. The van der Waals surface area contributed by atoms with E-state index in [0.717, 1.165) is 10.9 Å². The highest BCUT2D eigenvalue weighted by Crippen LogP contribution is 2.21. The largest absolute Gasteiger partial charge is 0.320 e. The molecule has 2 aromatic heterocycles. The lowest BCUT2D eigenvalue weighted by Gasteiger charge is -2.07. The van der Waals surface area contributed by atoms with Gasteiger partial charge in [-0.2, -0.15) is 0 Å². The summed E-state index contributed by atoms with van der Waals surface area (Å²) >= 11 is 0. The van der Waals surface area contributed by atoms with Crippen molar-refractivity contribution in [1.29, 1.82) is 0 Å². The fourth-order valence-electron chi connectivity index (χ4n) is 1.82. The van der Waals surface area contributed by atoms with Gasteiger partial charge in [-0.15, -0.1) is 0 Å². The van der Waals surface area contributed by atoms with Crippen LogP contribution in [0.1, 0.15) is 10.5 Å². The molecular weight excluding hydrogens is 240 g/mol. The highest BCUT2D eigenvalue weighted by atomic mass is 16.1. The molecule has 1 aromatic carbocycles. The topological polar surface area (TPSA) is 67.8 Å². The maximum atomic E-state index is 12.0. The molecule has 19 heavy (non-hydrogen) atoms. The zero-order chi connectivity index (χ0) is 13.1. The van der Waals surface area contributed by atoms with Crippen LogP contribution in [-0.2, 0) is 0 Å². The van der Waals surface area contributed by atoms with Gasteiger partial charge in [0.15, 0.2) is 0 Å². The second kappa shape index (κ2) is 4.81. The fourth-order valence-corrected chi connectivity index (χ4v) is 1.82. The van der Waals surface area contributed by atoms with Gasteiger partial charge < -0.3 is 5.32 Å². The highest BCUT2D eigenvalue weighted by Gasteiger charge is 2.09. The molecule has 0 unspecified atom stereocenters. The summed E-state index contributed by atoms with van der Waals surface area (Å²) in [6.45, 7) is 0. The van der Waals surface area contributed by atoms with E-state index in [4.69, 9.17) is 0 Å². The van der Waals surface area contributed by atoms with Gasteiger partial charge in [0.25, 0.3) is 5.91 Å². The predicted octanol–water partition coefficient (Wildman–Crippen LogP) is 2.28. The lowest BCUT2D eigenvalue weighted by atomic mass is 10.2. The molecule has 0 aliphatic heterocycles. The maximum absolute atomic E-state index is 12.0. The Morgan fingerprint density at radius 2 is 1.95 bits per heavy atom. The summed E-state index contributed by atoms with van der Waals surface area (Å²) in [6.07, 6.45) is 4.60. The zero-order valence-electron chi connectivity index (χ0n) is 9.95. The summed E-state index contributed by atoms with van der Waals surface area (Å²) in [4.78, 5) is 24.0. The molecular formula is C14H10N4O. The number of amides is 1. The molecule has 1 N–H and O–H groups in total. The van der Waals surface area contributed by atoms with E-state index in [1.165, 1.54) is 12.5 Å². The van der Waals surface area contributed by atoms with Crippen molar-refractivity contribution < 1.29 is 4.79 Å². The minimum atomic E-state index is -0.265. The number of carbonyl (C=O) groups excluding carboxylic acids is 1. The first-order valence-electron chi connectivity index (χ1n) is 5.76. The summed E-state index contributed by atoms with van der Waals surface area (Å²) in [7, 11) is 0. The number of hydrogen-bond acceptors (Lipinski definition) is 4. The third kappa shape index (κ3) is 2.26. The van der Waals surface area contributed by atoms with E-state index in [1.807, 2.05) is 30.3 Å². The molecule has 0 saturated carbocycles. The first-order chi connectivity index (χ1) is 9.34. The Morgan fingerprint density at radius 3 is 2.79 bits per heavy atom. The number of nitrogens with one attached hydrogen (secondary N) is 1. The molecule has 0 saturated heterocycles. The van der Waals surface area contributed by atoms with Gasteiger partial charge in [-0.25, -0.2) is 9.97 Å². The zero-order valence-corrected chi connectivity index (χ0v) is 9.95. The Hall–Kier alpha value is -2.82. The molecule has 92 valence electrons. The average molecular weight is 250 g/mol. The molecule has 0 aliphatic rings. The van der Waals surface area contributed by atoms with Gasteiger partial charge in [0, 0.05) is 17.8 Å². The number of fused-ring (bicyclic) bond motifs is 1. The first kappa shape index (κ1) is 11.3. The Morgan fingerprint density at radius 1 is 1.00 bits per heavy atom. The van der Waals surface area contributed by atoms with Gasteiger partial charge in [-0.1, -0.05) is 6.07 Å². The molecule has 5 nitrogen and oxygen atoms in total. The van der Waals surface area contributed by atoms with E-state index < -0.39 is 0 Å². The molecule has 0 bridgehead atoms. The van der Waals surface area contributed by atoms with Crippen LogP contribution in [0, 0.1) is 0 Å². The first-order valence-corrected chi connectivity index (χ1v) is 5.76. The number of aromatic nitrogens is 3. The normalized spacial score (nSPS) is 10.3. The number of carbonyl (C=O) groups is 1. The van der Waals surface area contributed by atoms with Gasteiger partial charge in [0.2, 0.25) is 0 Å². The number of rotatable bonds is 2. The monoisotopic (exact) mass is 250 g/mol. The summed E-state index contributed by atoms with van der Waals surface area (Å²) in [5.74, 6) is -0.265. The second-order valence-electron chi connectivity index (χ2n) is 3.92. The van der Waals surface area contributed by atoms with Crippen molar-refractivity contribution in [2.45, 2.75) is 0 Å². The van der Waals surface area contributed by atoms with Crippen LogP contribution < -0.4 is 5.32 Å². The summed E-state index contributed by atoms with van der Waals surface area (Å²) in [5, 5.41) is 3.73. The predicted molar refractivity (Wildman–Crippen MR) is 71.7 cm³/mol.